The lowest BCUT2D eigenvalue weighted by molar-refractivity contribution is -0.205. The summed E-state index contributed by atoms with van der Waals surface area (Å²) in [6.45, 7) is 24.3. The maximum atomic E-state index is 14.7. The number of thioether (sulfide) groups is 1. The minimum atomic E-state index is -1.95. The average molecular weight is 1270 g/mol. The van der Waals surface area contributed by atoms with Crippen LogP contribution in [0.4, 0.5) is 5.69 Å². The van der Waals surface area contributed by atoms with Crippen LogP contribution in [-0.2, 0) is 33.3 Å². The number of Topliss-reactive ketones (excluding diaryl/α,β-unsaturated/α-hetero) is 1. The number of allylic oxidation sites excluding steroid dienone is 2. The first kappa shape index (κ1) is 70.5. The molecule has 2 aromatic rings. The van der Waals surface area contributed by atoms with Crippen LogP contribution in [0.15, 0.2) is 46.1 Å². The lowest BCUT2D eigenvalue weighted by atomic mass is 9.78. The highest BCUT2D eigenvalue weighted by atomic mass is 35.5. The van der Waals surface area contributed by atoms with Crippen molar-refractivity contribution >= 4 is 63.4 Å². The number of phenols is 2. The molecule has 2 aromatic carbocycles. The van der Waals surface area contributed by atoms with Gasteiger partial charge < -0.3 is 75.0 Å². The Labute approximate surface area is 525 Å². The van der Waals surface area contributed by atoms with Gasteiger partial charge >= 0.3 is 11.8 Å². The number of rotatable bonds is 11. The van der Waals surface area contributed by atoms with Crippen molar-refractivity contribution in [3.63, 3.8) is 0 Å². The fourth-order valence-electron chi connectivity index (χ4n) is 13.4. The van der Waals surface area contributed by atoms with Gasteiger partial charge in [-0.05, 0) is 64.8 Å². The van der Waals surface area contributed by atoms with Crippen molar-refractivity contribution in [1.82, 2.24) is 15.1 Å². The Morgan fingerprint density at radius 1 is 0.932 bits per heavy atom. The highest BCUT2D eigenvalue weighted by Gasteiger charge is 2.52. The summed E-state index contributed by atoms with van der Waals surface area (Å²) >= 11 is 7.55. The van der Waals surface area contributed by atoms with Gasteiger partial charge in [0.15, 0.2) is 5.75 Å². The molecule has 24 heteroatoms. The second-order valence-electron chi connectivity index (χ2n) is 25.7. The molecule has 6 aliphatic rings. The second kappa shape index (κ2) is 29.1. The Balaban J connectivity index is 0.000000341. The number of benzene rings is 2. The number of nitrogens with zero attached hydrogens (tertiary/aromatic N) is 4. The van der Waals surface area contributed by atoms with Gasteiger partial charge in [0.1, 0.15) is 63.8 Å². The zero-order valence-corrected chi connectivity index (χ0v) is 55.1. The number of likely N-dealkylation sites (tertiary alicyclic amines) is 2. The van der Waals surface area contributed by atoms with E-state index in [1.807, 2.05) is 11.9 Å². The van der Waals surface area contributed by atoms with E-state index in [-0.39, 0.29) is 61.6 Å². The predicted molar refractivity (Wildman–Crippen MR) is 335 cm³/mol. The molecule has 0 aromatic heterocycles. The number of ketones is 1. The third-order valence-electron chi connectivity index (χ3n) is 18.5. The summed E-state index contributed by atoms with van der Waals surface area (Å²) in [6.07, 6.45) is 4.97. The maximum absolute atomic E-state index is 14.7. The van der Waals surface area contributed by atoms with Crippen LogP contribution in [-0.4, -0.2) is 199 Å². The van der Waals surface area contributed by atoms with E-state index in [0.717, 1.165) is 45.4 Å². The molecule has 490 valence electrons. The second-order valence-corrected chi connectivity index (χ2v) is 27.3. The van der Waals surface area contributed by atoms with E-state index in [9.17, 15) is 54.9 Å². The van der Waals surface area contributed by atoms with Crippen LogP contribution in [0.3, 0.4) is 0 Å². The summed E-state index contributed by atoms with van der Waals surface area (Å²) in [7, 11) is 3.41. The summed E-state index contributed by atoms with van der Waals surface area (Å²) in [6, 6.07) is -0.934. The number of halogens is 1. The van der Waals surface area contributed by atoms with Crippen molar-refractivity contribution in [2.75, 3.05) is 51.9 Å². The Hall–Kier alpha value is -4.92. The third kappa shape index (κ3) is 14.7. The predicted octanol–water partition coefficient (Wildman–Crippen LogP) is 5.14. The summed E-state index contributed by atoms with van der Waals surface area (Å²) in [5, 5.41) is 83.6. The lowest BCUT2D eigenvalue weighted by Crippen LogP contribution is -2.65. The topological polar surface area (TPSA) is 311 Å². The molecule has 88 heavy (non-hydrogen) atoms. The highest BCUT2D eigenvalue weighted by Crippen LogP contribution is 2.51. The first-order valence-electron chi connectivity index (χ1n) is 30.8. The average Bonchev–Trinajstić information content (AvgIpc) is 1.57. The lowest BCUT2D eigenvalue weighted by Gasteiger charge is -2.44. The van der Waals surface area contributed by atoms with Crippen LogP contribution in [0.25, 0.3) is 10.8 Å². The van der Waals surface area contributed by atoms with E-state index in [1.165, 1.54) is 39.0 Å². The fourth-order valence-corrected chi connectivity index (χ4v) is 14.2. The molecule has 3 saturated heterocycles. The Morgan fingerprint density at radius 3 is 2.20 bits per heavy atom. The molecule has 1 spiro atoms. The van der Waals surface area contributed by atoms with Gasteiger partial charge in [-0.1, -0.05) is 73.1 Å². The molecule has 18 atom stereocenters. The number of nitrogens with one attached hydrogen (secondary N) is 2. The number of fused-ring (bicyclic) bond motifs is 1. The third-order valence-corrected chi connectivity index (χ3v) is 19.7. The Kier molecular flexibility index (Phi) is 23.4. The van der Waals surface area contributed by atoms with Crippen LogP contribution in [0.2, 0.25) is 0 Å². The number of methoxy groups -OCH3 is 1. The number of hydrogen-bond donors (Lipinski definition) is 9. The molecular weight excluding hydrogens is 1180 g/mol. The van der Waals surface area contributed by atoms with Crippen LogP contribution in [0.1, 0.15) is 124 Å². The Bertz CT molecular complexity index is 3100. The normalized spacial score (nSPS) is 34.9. The van der Waals surface area contributed by atoms with E-state index < -0.39 is 124 Å². The number of likely N-dealkylation sites (N-methyl/N-ethyl adjacent to an activating group) is 1. The monoisotopic (exact) mass is 1270 g/mol. The van der Waals surface area contributed by atoms with Gasteiger partial charge in [0.05, 0.1) is 58.7 Å². The van der Waals surface area contributed by atoms with Crippen molar-refractivity contribution in [1.29, 1.82) is 0 Å². The minimum absolute atomic E-state index is 0.0538. The van der Waals surface area contributed by atoms with Crippen molar-refractivity contribution in [2.45, 2.75) is 198 Å². The van der Waals surface area contributed by atoms with Gasteiger partial charge in [-0.25, -0.2) is 4.99 Å². The largest absolute Gasteiger partial charge is 0.507 e. The number of aromatic hydroxyl groups is 2. The number of ether oxygens (including phenoxy) is 5. The maximum Gasteiger partial charge on any atom is 0.312 e. The van der Waals surface area contributed by atoms with Crippen molar-refractivity contribution < 1.29 is 78.6 Å². The number of amides is 2. The number of aliphatic hydroxyl groups is 5. The molecule has 4 unspecified atom stereocenters. The van der Waals surface area contributed by atoms with Crippen LogP contribution >= 0.6 is 23.4 Å². The summed E-state index contributed by atoms with van der Waals surface area (Å²) in [5.41, 5.74) is -0.814. The molecule has 3 fully saturated rings. The number of carbonyl (C=O) groups excluding carboxylic acids is 4. The number of alkyl halides is 1. The molecule has 22 nitrogen and oxygen atoms in total. The highest BCUT2D eigenvalue weighted by molar-refractivity contribution is 7.99. The Morgan fingerprint density at radius 2 is 1.60 bits per heavy atom. The summed E-state index contributed by atoms with van der Waals surface area (Å²) in [4.78, 5) is 67.8. The van der Waals surface area contributed by atoms with Gasteiger partial charge in [0.2, 0.25) is 5.91 Å². The first-order chi connectivity index (χ1) is 41.3. The van der Waals surface area contributed by atoms with Gasteiger partial charge in [-0.3, -0.25) is 29.1 Å². The van der Waals surface area contributed by atoms with Crippen LogP contribution in [0, 0.1) is 42.4 Å². The van der Waals surface area contributed by atoms with Crippen LogP contribution < -0.4 is 26.1 Å². The van der Waals surface area contributed by atoms with Gasteiger partial charge in [0.25, 0.3) is 11.7 Å². The molecule has 0 radical (unpaired) electrons. The molecule has 0 saturated carbocycles. The summed E-state index contributed by atoms with van der Waals surface area (Å²) in [5.74, 6) is -6.22. The van der Waals surface area contributed by atoms with Crippen molar-refractivity contribution in [3.8, 4) is 17.2 Å². The van der Waals surface area contributed by atoms with Gasteiger partial charge in [-0.2, -0.15) is 0 Å². The molecule has 4 bridgehead atoms. The van der Waals surface area contributed by atoms with Gasteiger partial charge in [0, 0.05) is 100 Å². The number of esters is 1. The van der Waals surface area contributed by atoms with E-state index in [4.69, 9.17) is 40.3 Å². The molecular formula is C64H95ClN6O16S. The standard InChI is InChI=1S/C46H62N4O11.C18H33ClN2O5S/c1-22(2)21-50-18-16-46(17-19-50)48-34-31-32-39(54)28(8)42-33(31)43(56)45(10,61-42)59-20-15-30(58-11)25(5)41(60-29(9)51)27(7)38(53)26(6)37(52)23(3)13-12-14-24(4)44(57)47-36(40(32)55)35(34)49-46;1-5-6-10-7-11(21(3)8-10)17(25)20-12(9(2)19)16-14(23)13(22)15(24)18(26-16)27-4/h12-15,20,22-23,25-27,30,37-38,41,48,52-55H,16-19,21H2,1-11H3;9-16,18,22-24H,5-8H2,1-4H3,(H,20,25)/b13-12+,20-15+,24-14-,47-36?;/t23-,25+,26+,27+,30-,37-,38+,41+,45-;9-,10+,11-,12+,13?,14?,15?,16-,18?/m00/s1. The fraction of sp³-hybridized carbons (Fsp3) is 0.688. The first-order valence-corrected chi connectivity index (χ1v) is 32.5. The quantitative estimate of drug-likeness (QED) is 0.0799. The zero-order chi connectivity index (χ0) is 65.2. The van der Waals surface area contributed by atoms with E-state index >= 15 is 0 Å². The number of aliphatic hydroxyl groups excluding tert-OH is 5. The molecule has 9 N–H and O–H groups in total. The SMILES string of the molecule is CCC[C@@H]1C[C@@H](C(=O)N[C@H]([C@H](C)Cl)[C@@H]2OC(SC)C(O)C(O)C2O)N(C)C1.CO[C@H]1/C=C/O[C@@]2(C)Oc3c(C)c(O)c4c(O)c(c5c(c4c3C2=O)NC2(CCN(CC(C)C)CC2)N=5)=NC(=O)/C(C)=C\C=C\[C@H](C)[C@H](O)[C@@H](C)[C@@H](O)[C@@H](C)[C@H](OC(C)=O)[C@@H]1C. The smallest absolute Gasteiger partial charge is 0.312 e. The minimum Gasteiger partial charge on any atom is -0.507 e. The number of carbonyl (C=O) groups is 4. The van der Waals surface area contributed by atoms with E-state index in [0.29, 0.717) is 30.4 Å². The van der Waals surface area contributed by atoms with E-state index in [1.54, 1.807) is 79.0 Å². The van der Waals surface area contributed by atoms with Gasteiger partial charge in [-0.15, -0.1) is 23.4 Å². The number of phenolic OH excluding ortho intramolecular Hbond substituents is 2. The molecule has 2 amide bonds. The number of piperidine rings is 1. The molecule has 0 aliphatic carbocycles. The molecule has 6 aliphatic heterocycles. The van der Waals surface area contributed by atoms with Crippen LogP contribution in [0.5, 0.6) is 17.2 Å². The molecule has 8 rings (SSSR count). The summed E-state index contributed by atoms with van der Waals surface area (Å²) < 4.78 is 29.8. The van der Waals surface area contributed by atoms with Crippen molar-refractivity contribution in [3.05, 3.63) is 58.0 Å². The zero-order valence-electron chi connectivity index (χ0n) is 53.5. The number of hydrogen-bond acceptors (Lipinski definition) is 21. The number of anilines is 1. The van der Waals surface area contributed by atoms with Crippen molar-refractivity contribution in [2.24, 2.45) is 45.5 Å². The van der Waals surface area contributed by atoms with E-state index in [2.05, 4.69) is 41.3 Å². The molecule has 6 heterocycles.